The smallest absolute Gasteiger partial charge is 0.0583 e. The Morgan fingerprint density at radius 1 is 1.28 bits per heavy atom. The van der Waals surface area contributed by atoms with Gasteiger partial charge in [-0.25, -0.2) is 0 Å². The average molecular weight is 247 g/mol. The van der Waals surface area contributed by atoms with E-state index in [0.29, 0.717) is 17.9 Å². The maximum absolute atomic E-state index is 10.2. The zero-order valence-electron chi connectivity index (χ0n) is 11.5. The number of aliphatic hydroxyl groups excluding tert-OH is 1. The van der Waals surface area contributed by atoms with Gasteiger partial charge in [-0.3, -0.25) is 0 Å². The minimum Gasteiger partial charge on any atom is -0.393 e. The molecular weight excluding hydrogens is 222 g/mol. The van der Waals surface area contributed by atoms with Crippen LogP contribution >= 0.6 is 0 Å². The second-order valence-electron chi connectivity index (χ2n) is 5.99. The summed E-state index contributed by atoms with van der Waals surface area (Å²) in [5.74, 6) is 1.01. The van der Waals surface area contributed by atoms with Crippen molar-refractivity contribution in [1.29, 1.82) is 0 Å². The van der Waals surface area contributed by atoms with Gasteiger partial charge < -0.3 is 10.4 Å². The van der Waals surface area contributed by atoms with Crippen molar-refractivity contribution in [2.75, 3.05) is 6.54 Å². The molecule has 0 aromatic heterocycles. The Balaban J connectivity index is 1.81. The highest BCUT2D eigenvalue weighted by atomic mass is 16.3. The summed E-state index contributed by atoms with van der Waals surface area (Å²) in [4.78, 5) is 0. The van der Waals surface area contributed by atoms with E-state index in [1.54, 1.807) is 0 Å². The predicted octanol–water partition coefficient (Wildman–Crippen LogP) is 2.61. The van der Waals surface area contributed by atoms with Crippen LogP contribution in [-0.2, 0) is 6.42 Å². The second kappa shape index (κ2) is 6.35. The molecule has 1 heterocycles. The Morgan fingerprint density at radius 3 is 2.67 bits per heavy atom. The Kier molecular flexibility index (Phi) is 4.79. The van der Waals surface area contributed by atoms with Crippen molar-refractivity contribution in [1.82, 2.24) is 5.32 Å². The lowest BCUT2D eigenvalue weighted by atomic mass is 9.91. The largest absolute Gasteiger partial charge is 0.393 e. The first kappa shape index (κ1) is 13.6. The summed E-state index contributed by atoms with van der Waals surface area (Å²) in [5.41, 5.74) is 1.38. The van der Waals surface area contributed by atoms with Gasteiger partial charge in [0.1, 0.15) is 0 Å². The van der Waals surface area contributed by atoms with Gasteiger partial charge in [0.15, 0.2) is 0 Å². The van der Waals surface area contributed by atoms with E-state index in [2.05, 4.69) is 49.5 Å². The fourth-order valence-electron chi connectivity index (χ4n) is 2.87. The third kappa shape index (κ3) is 3.82. The molecule has 1 aliphatic rings. The van der Waals surface area contributed by atoms with Gasteiger partial charge in [0.05, 0.1) is 6.10 Å². The molecule has 1 aliphatic heterocycles. The van der Waals surface area contributed by atoms with Gasteiger partial charge in [-0.1, -0.05) is 44.2 Å². The molecule has 0 saturated carbocycles. The van der Waals surface area contributed by atoms with Gasteiger partial charge >= 0.3 is 0 Å². The minimum atomic E-state index is -0.140. The molecule has 0 aliphatic carbocycles. The maximum Gasteiger partial charge on any atom is 0.0583 e. The maximum atomic E-state index is 10.2. The zero-order valence-corrected chi connectivity index (χ0v) is 11.5. The molecule has 0 bridgehead atoms. The van der Waals surface area contributed by atoms with Gasteiger partial charge in [0.25, 0.3) is 0 Å². The van der Waals surface area contributed by atoms with Crippen molar-refractivity contribution in [2.45, 2.75) is 45.3 Å². The Bertz CT molecular complexity index is 349. The topological polar surface area (TPSA) is 32.3 Å². The quantitative estimate of drug-likeness (QED) is 0.838. The van der Waals surface area contributed by atoms with Crippen LogP contribution in [0, 0.1) is 11.8 Å². The lowest BCUT2D eigenvalue weighted by molar-refractivity contribution is 0.0939. The van der Waals surface area contributed by atoms with Gasteiger partial charge in [0.2, 0.25) is 0 Å². The molecule has 0 amide bonds. The molecule has 1 saturated heterocycles. The molecule has 2 rings (SSSR count). The van der Waals surface area contributed by atoms with Crippen molar-refractivity contribution < 1.29 is 5.11 Å². The zero-order chi connectivity index (χ0) is 13.0. The van der Waals surface area contributed by atoms with Crippen molar-refractivity contribution in [2.24, 2.45) is 11.8 Å². The Labute approximate surface area is 110 Å². The van der Waals surface area contributed by atoms with Crippen molar-refractivity contribution in [3.63, 3.8) is 0 Å². The highest BCUT2D eigenvalue weighted by molar-refractivity contribution is 5.16. The monoisotopic (exact) mass is 247 g/mol. The Morgan fingerprint density at radius 2 is 2.00 bits per heavy atom. The third-order valence-corrected chi connectivity index (χ3v) is 3.84. The summed E-state index contributed by atoms with van der Waals surface area (Å²) in [7, 11) is 0. The van der Waals surface area contributed by atoms with Crippen LogP contribution in [0.1, 0.15) is 32.3 Å². The van der Waals surface area contributed by atoms with Crippen LogP contribution in [0.25, 0.3) is 0 Å². The summed E-state index contributed by atoms with van der Waals surface area (Å²) in [6.45, 7) is 5.31. The molecule has 2 unspecified atom stereocenters. The van der Waals surface area contributed by atoms with E-state index in [0.717, 1.165) is 25.8 Å². The van der Waals surface area contributed by atoms with Crippen molar-refractivity contribution in [3.8, 4) is 0 Å². The summed E-state index contributed by atoms with van der Waals surface area (Å²) < 4.78 is 0. The number of nitrogens with one attached hydrogen (secondary N) is 1. The third-order valence-electron chi connectivity index (χ3n) is 3.84. The molecule has 18 heavy (non-hydrogen) atoms. The van der Waals surface area contributed by atoms with E-state index >= 15 is 0 Å². The molecule has 1 aromatic rings. The molecule has 1 aromatic carbocycles. The molecule has 3 atom stereocenters. The SMILES string of the molecule is CC(C)C[C@H](O)C1CNC(Cc2ccccc2)C1. The minimum absolute atomic E-state index is 0.140. The van der Waals surface area contributed by atoms with Crippen LogP contribution in [0.15, 0.2) is 30.3 Å². The molecular formula is C16H25NO. The standard InChI is InChI=1S/C16H25NO/c1-12(2)8-16(18)14-10-15(17-11-14)9-13-6-4-3-5-7-13/h3-7,12,14-18H,8-11H2,1-2H3/t14?,15?,16-/m0/s1. The van der Waals surface area contributed by atoms with Crippen LogP contribution in [0.5, 0.6) is 0 Å². The van der Waals surface area contributed by atoms with Crippen LogP contribution in [0.2, 0.25) is 0 Å². The van der Waals surface area contributed by atoms with E-state index in [1.807, 2.05) is 0 Å². The lowest BCUT2D eigenvalue weighted by Crippen LogP contribution is -2.25. The normalized spacial score (nSPS) is 25.6. The summed E-state index contributed by atoms with van der Waals surface area (Å²) >= 11 is 0. The number of benzene rings is 1. The fraction of sp³-hybridized carbons (Fsp3) is 0.625. The number of hydrogen-bond acceptors (Lipinski definition) is 2. The van der Waals surface area contributed by atoms with Gasteiger partial charge in [-0.05, 0) is 36.7 Å². The van der Waals surface area contributed by atoms with Gasteiger partial charge in [0, 0.05) is 12.6 Å². The average Bonchev–Trinajstić information content (AvgIpc) is 2.78. The lowest BCUT2D eigenvalue weighted by Gasteiger charge is -2.19. The van der Waals surface area contributed by atoms with Crippen LogP contribution in [0.3, 0.4) is 0 Å². The summed E-state index contributed by atoms with van der Waals surface area (Å²) in [6.07, 6.45) is 2.96. The van der Waals surface area contributed by atoms with E-state index in [1.165, 1.54) is 5.56 Å². The predicted molar refractivity (Wildman–Crippen MR) is 75.5 cm³/mol. The van der Waals surface area contributed by atoms with Crippen molar-refractivity contribution >= 4 is 0 Å². The van der Waals surface area contributed by atoms with E-state index < -0.39 is 0 Å². The summed E-state index contributed by atoms with van der Waals surface area (Å²) in [5, 5.41) is 13.7. The van der Waals surface area contributed by atoms with Crippen LogP contribution in [-0.4, -0.2) is 23.8 Å². The summed E-state index contributed by atoms with van der Waals surface area (Å²) in [6, 6.07) is 11.1. The molecule has 2 heteroatoms. The molecule has 1 fully saturated rings. The highest BCUT2D eigenvalue weighted by Crippen LogP contribution is 2.24. The molecule has 0 radical (unpaired) electrons. The van der Waals surface area contributed by atoms with E-state index in [-0.39, 0.29) is 6.10 Å². The van der Waals surface area contributed by atoms with Gasteiger partial charge in [-0.2, -0.15) is 0 Å². The fourth-order valence-corrected chi connectivity index (χ4v) is 2.87. The van der Waals surface area contributed by atoms with Crippen LogP contribution < -0.4 is 5.32 Å². The number of rotatable bonds is 5. The first-order chi connectivity index (χ1) is 8.65. The molecule has 2 N–H and O–H groups in total. The first-order valence-electron chi connectivity index (χ1n) is 7.10. The second-order valence-corrected chi connectivity index (χ2v) is 5.99. The van der Waals surface area contributed by atoms with Crippen LogP contribution in [0.4, 0.5) is 0 Å². The van der Waals surface area contributed by atoms with Crippen molar-refractivity contribution in [3.05, 3.63) is 35.9 Å². The first-order valence-corrected chi connectivity index (χ1v) is 7.10. The van der Waals surface area contributed by atoms with E-state index in [4.69, 9.17) is 0 Å². The van der Waals surface area contributed by atoms with Gasteiger partial charge in [-0.15, -0.1) is 0 Å². The molecule has 2 nitrogen and oxygen atoms in total. The number of hydrogen-bond donors (Lipinski definition) is 2. The molecule has 0 spiro atoms. The molecule has 100 valence electrons. The highest BCUT2D eigenvalue weighted by Gasteiger charge is 2.29. The van der Waals surface area contributed by atoms with E-state index in [9.17, 15) is 5.11 Å². The number of aliphatic hydroxyl groups is 1. The Hall–Kier alpha value is -0.860.